The molecule has 448 valence electrons. The quantitative estimate of drug-likeness (QED) is 0.0195. The highest BCUT2D eigenvalue weighted by Crippen LogP contribution is 2.15. The molecule has 0 aromatic heterocycles. The van der Waals surface area contributed by atoms with Crippen molar-refractivity contribution < 1.29 is 42.9 Å². The molecule has 0 bridgehead atoms. The lowest BCUT2D eigenvalue weighted by atomic mass is 10.1. The van der Waals surface area contributed by atoms with Crippen LogP contribution < -0.4 is 5.11 Å². The number of esters is 2. The highest BCUT2D eigenvalue weighted by molar-refractivity contribution is 5.70. The van der Waals surface area contributed by atoms with Crippen LogP contribution in [0.3, 0.4) is 0 Å². The average molecular weight is 1100 g/mol. The van der Waals surface area contributed by atoms with Crippen LogP contribution in [0.15, 0.2) is 134 Å². The first-order valence-electron chi connectivity index (χ1n) is 31.3. The van der Waals surface area contributed by atoms with Gasteiger partial charge in [0.25, 0.3) is 0 Å². The number of aliphatic carboxylic acids is 1. The van der Waals surface area contributed by atoms with E-state index in [4.69, 9.17) is 18.9 Å². The molecule has 0 heterocycles. The van der Waals surface area contributed by atoms with Crippen molar-refractivity contribution in [1.82, 2.24) is 0 Å². The number of nitrogens with zero attached hydrogens (tertiary/aromatic N) is 1. The Morgan fingerprint density at radius 2 is 0.722 bits per heavy atom. The molecule has 79 heavy (non-hydrogen) atoms. The van der Waals surface area contributed by atoms with Gasteiger partial charge in [-0.3, -0.25) is 9.59 Å². The zero-order valence-corrected chi connectivity index (χ0v) is 50.9. The predicted molar refractivity (Wildman–Crippen MR) is 333 cm³/mol. The number of likely N-dealkylation sites (N-methyl/N-ethyl adjacent to an activating group) is 1. The fraction of sp³-hybridized carbons (Fsp3) is 0.643. The van der Waals surface area contributed by atoms with Crippen LogP contribution in [0, 0.1) is 0 Å². The van der Waals surface area contributed by atoms with Crippen molar-refractivity contribution in [3.8, 4) is 0 Å². The Morgan fingerprint density at radius 3 is 1.08 bits per heavy atom. The van der Waals surface area contributed by atoms with Gasteiger partial charge >= 0.3 is 11.9 Å². The molecule has 0 saturated carbocycles. The van der Waals surface area contributed by atoms with E-state index in [1.165, 1.54) is 77.0 Å². The maximum absolute atomic E-state index is 12.9. The molecule has 0 aliphatic rings. The number of carboxylic acids is 1. The first-order chi connectivity index (χ1) is 38.6. The monoisotopic (exact) mass is 1100 g/mol. The standard InChI is InChI=1S/C70H115NO8/c1-6-8-10-12-14-16-18-20-22-24-26-27-28-29-30-31-32-33-34-35-36-37-38-39-40-41-43-45-47-49-51-53-55-57-59-61-68(73)79-66(65-78-70(69(74)75)76-63-62-71(3,4)5)64-77-67(72)60-58-56-54-52-50-48-46-44-42-25-23-21-19-17-15-13-11-9-7-2/h8,10,14-17,20-23,26-27,29-30,32-33,35-36,38-39,41,43,66,70H,6-7,9,11-13,18-19,24-25,28,31,34,37,40,42,44-65H2,1-5H3/b10-8-,16-14-,17-15-,22-20-,23-21-,27-26-,30-29-,33-32-,36-35-,39-38-,43-41-. The number of unbranched alkanes of at least 4 members (excludes halogenated alkanes) is 19. The number of carboxylic acid groups (broad SMARTS) is 1. The van der Waals surface area contributed by atoms with Crippen LogP contribution in [-0.4, -0.2) is 82.3 Å². The third-order valence-corrected chi connectivity index (χ3v) is 12.9. The molecule has 0 amide bonds. The Labute approximate surface area is 484 Å². The maximum atomic E-state index is 12.9. The lowest BCUT2D eigenvalue weighted by Gasteiger charge is -2.26. The fourth-order valence-electron chi connectivity index (χ4n) is 8.09. The van der Waals surface area contributed by atoms with Gasteiger partial charge in [-0.1, -0.05) is 237 Å². The van der Waals surface area contributed by atoms with E-state index in [0.29, 0.717) is 17.4 Å². The average Bonchev–Trinajstić information content (AvgIpc) is 3.42. The minimum atomic E-state index is -1.63. The van der Waals surface area contributed by atoms with Gasteiger partial charge in [0.05, 0.1) is 40.3 Å². The summed E-state index contributed by atoms with van der Waals surface area (Å²) in [5, 5.41) is 11.8. The smallest absolute Gasteiger partial charge is 0.306 e. The van der Waals surface area contributed by atoms with E-state index in [0.717, 1.165) is 122 Å². The van der Waals surface area contributed by atoms with Crippen molar-refractivity contribution >= 4 is 17.9 Å². The van der Waals surface area contributed by atoms with Gasteiger partial charge in [0.2, 0.25) is 0 Å². The molecule has 0 N–H and O–H groups in total. The molecule has 0 spiro atoms. The van der Waals surface area contributed by atoms with Gasteiger partial charge in [-0.25, -0.2) is 0 Å². The van der Waals surface area contributed by atoms with Crippen LogP contribution in [-0.2, 0) is 33.3 Å². The van der Waals surface area contributed by atoms with Crippen LogP contribution in [0.1, 0.15) is 232 Å². The second-order valence-electron chi connectivity index (χ2n) is 21.6. The minimum absolute atomic E-state index is 0.138. The van der Waals surface area contributed by atoms with Crippen LogP contribution in [0.4, 0.5) is 0 Å². The summed E-state index contributed by atoms with van der Waals surface area (Å²) in [7, 11) is 5.91. The Morgan fingerprint density at radius 1 is 0.392 bits per heavy atom. The van der Waals surface area contributed by atoms with Gasteiger partial charge in [0, 0.05) is 12.8 Å². The molecule has 0 radical (unpaired) electrons. The van der Waals surface area contributed by atoms with Crippen molar-refractivity contribution in [3.63, 3.8) is 0 Å². The minimum Gasteiger partial charge on any atom is -0.545 e. The lowest BCUT2D eigenvalue weighted by Crippen LogP contribution is -2.44. The fourth-order valence-corrected chi connectivity index (χ4v) is 8.09. The topological polar surface area (TPSA) is 111 Å². The molecular formula is C70H115NO8. The van der Waals surface area contributed by atoms with Crippen molar-refractivity contribution in [1.29, 1.82) is 0 Å². The third-order valence-electron chi connectivity index (χ3n) is 12.9. The summed E-state index contributed by atoms with van der Waals surface area (Å²) in [5.41, 5.74) is 0. The molecule has 2 unspecified atom stereocenters. The van der Waals surface area contributed by atoms with Gasteiger partial charge in [0.1, 0.15) is 13.2 Å². The van der Waals surface area contributed by atoms with E-state index in [9.17, 15) is 19.5 Å². The summed E-state index contributed by atoms with van der Waals surface area (Å²) in [6, 6.07) is 0. The molecule has 0 aromatic rings. The summed E-state index contributed by atoms with van der Waals surface area (Å²) < 4.78 is 22.7. The van der Waals surface area contributed by atoms with Gasteiger partial charge in [0.15, 0.2) is 12.4 Å². The van der Waals surface area contributed by atoms with Crippen molar-refractivity contribution in [3.05, 3.63) is 134 Å². The Balaban J connectivity index is 4.26. The zero-order valence-electron chi connectivity index (χ0n) is 50.9. The van der Waals surface area contributed by atoms with Gasteiger partial charge < -0.3 is 33.3 Å². The van der Waals surface area contributed by atoms with Crippen molar-refractivity contribution in [2.45, 2.75) is 245 Å². The summed E-state index contributed by atoms with van der Waals surface area (Å²) >= 11 is 0. The highest BCUT2D eigenvalue weighted by atomic mass is 16.7. The predicted octanol–water partition coefficient (Wildman–Crippen LogP) is 17.7. The molecule has 0 saturated heterocycles. The van der Waals surface area contributed by atoms with E-state index in [1.54, 1.807) is 0 Å². The first kappa shape index (κ1) is 74.4. The van der Waals surface area contributed by atoms with Crippen LogP contribution >= 0.6 is 0 Å². The lowest BCUT2D eigenvalue weighted by molar-refractivity contribution is -0.870. The SMILES string of the molecule is CC/C=C\C/C=C\C/C=C\C/C=C\C/C=C\C/C=C\C/C=C\C/C=C\C/C=C\CCCCCCCCCC(=O)OC(COC(=O)CCCCCCCCCCC/C=C\C/C=C\CCCCC)COC(OCC[N+](C)(C)C)C(=O)[O-]. The third kappa shape index (κ3) is 60.9. The molecule has 0 aliphatic carbocycles. The Kier molecular flexibility index (Phi) is 56.1. The van der Waals surface area contributed by atoms with Crippen LogP contribution in [0.25, 0.3) is 0 Å². The highest BCUT2D eigenvalue weighted by Gasteiger charge is 2.22. The van der Waals surface area contributed by atoms with Crippen LogP contribution in [0.2, 0.25) is 0 Å². The number of hydrogen-bond donors (Lipinski definition) is 0. The molecule has 0 rings (SSSR count). The first-order valence-corrected chi connectivity index (χ1v) is 31.3. The molecular weight excluding hydrogens is 983 g/mol. The van der Waals surface area contributed by atoms with Crippen molar-refractivity contribution in [2.24, 2.45) is 0 Å². The number of rotatable bonds is 56. The van der Waals surface area contributed by atoms with E-state index >= 15 is 0 Å². The van der Waals surface area contributed by atoms with Gasteiger partial charge in [-0.2, -0.15) is 0 Å². The van der Waals surface area contributed by atoms with Gasteiger partial charge in [-0.15, -0.1) is 0 Å². The summed E-state index contributed by atoms with van der Waals surface area (Å²) in [6.07, 6.45) is 82.1. The Hall–Kier alpha value is -4.57. The molecule has 0 fully saturated rings. The second kappa shape index (κ2) is 59.5. The van der Waals surface area contributed by atoms with E-state index in [2.05, 4.69) is 148 Å². The number of hydrogen-bond acceptors (Lipinski definition) is 8. The van der Waals surface area contributed by atoms with Gasteiger partial charge in [-0.05, 0) is 116 Å². The molecule has 9 nitrogen and oxygen atoms in total. The number of quaternary nitrogens is 1. The van der Waals surface area contributed by atoms with E-state index in [-0.39, 0.29) is 38.6 Å². The molecule has 0 aromatic carbocycles. The van der Waals surface area contributed by atoms with Crippen LogP contribution in [0.5, 0.6) is 0 Å². The number of carbonyl (C=O) groups excluding carboxylic acids is 3. The molecule has 0 aliphatic heterocycles. The summed E-state index contributed by atoms with van der Waals surface area (Å²) in [6.45, 7) is 4.58. The normalized spacial score (nSPS) is 13.7. The summed E-state index contributed by atoms with van der Waals surface area (Å²) in [4.78, 5) is 37.4. The molecule has 9 heteroatoms. The Bertz CT molecular complexity index is 1750. The number of carbonyl (C=O) groups is 3. The summed E-state index contributed by atoms with van der Waals surface area (Å²) in [5.74, 6) is -2.31. The molecule has 2 atom stereocenters. The number of ether oxygens (including phenoxy) is 4. The second-order valence-corrected chi connectivity index (χ2v) is 21.6. The largest absolute Gasteiger partial charge is 0.545 e. The van der Waals surface area contributed by atoms with E-state index < -0.39 is 24.3 Å². The zero-order chi connectivity index (χ0) is 57.6. The number of allylic oxidation sites excluding steroid dienone is 22. The van der Waals surface area contributed by atoms with E-state index in [1.807, 2.05) is 21.1 Å². The maximum Gasteiger partial charge on any atom is 0.306 e. The van der Waals surface area contributed by atoms with Crippen molar-refractivity contribution in [2.75, 3.05) is 47.5 Å².